The number of unbranched alkanes of at least 4 members (excludes halogenated alkanes) is 1. The van der Waals surface area contributed by atoms with Gasteiger partial charge in [0, 0.05) is 20.1 Å². The Labute approximate surface area is 137 Å². The number of benzene rings is 1. The first-order valence-electron chi connectivity index (χ1n) is 8.06. The van der Waals surface area contributed by atoms with Crippen molar-refractivity contribution in [2.45, 2.75) is 26.2 Å². The van der Waals surface area contributed by atoms with Crippen LogP contribution in [0.25, 0.3) is 0 Å². The molecule has 122 valence electrons. The van der Waals surface area contributed by atoms with Crippen molar-refractivity contribution in [1.29, 1.82) is 0 Å². The zero-order valence-electron chi connectivity index (χ0n) is 13.8. The highest BCUT2D eigenvalue weighted by molar-refractivity contribution is 5.92. The van der Waals surface area contributed by atoms with Crippen LogP contribution in [-0.4, -0.2) is 36.0 Å². The summed E-state index contributed by atoms with van der Waals surface area (Å²) < 4.78 is 0. The van der Waals surface area contributed by atoms with Crippen molar-refractivity contribution in [3.8, 4) is 0 Å². The Hall–Kier alpha value is -2.43. The van der Waals surface area contributed by atoms with E-state index < -0.39 is 0 Å². The first-order valence-corrected chi connectivity index (χ1v) is 8.06. The molecule has 23 heavy (non-hydrogen) atoms. The highest BCUT2D eigenvalue weighted by Crippen LogP contribution is 2.08. The summed E-state index contributed by atoms with van der Waals surface area (Å²) in [7, 11) is 1.99. The average Bonchev–Trinajstić information content (AvgIpc) is 2.60. The summed E-state index contributed by atoms with van der Waals surface area (Å²) in [5.41, 5.74) is 1.55. The third-order valence-electron chi connectivity index (χ3n) is 3.65. The topological polar surface area (TPSA) is 58.1 Å². The largest absolute Gasteiger partial charge is 0.358 e. The summed E-state index contributed by atoms with van der Waals surface area (Å²) in [5, 5.41) is 2.88. The molecule has 0 aliphatic carbocycles. The Balaban J connectivity index is 1.82. The second kappa shape index (κ2) is 8.88. The summed E-state index contributed by atoms with van der Waals surface area (Å²) in [6, 6.07) is 10.1. The summed E-state index contributed by atoms with van der Waals surface area (Å²) in [4.78, 5) is 22.6. The summed E-state index contributed by atoms with van der Waals surface area (Å²) >= 11 is 0. The number of carbonyl (C=O) groups is 1. The van der Waals surface area contributed by atoms with Gasteiger partial charge in [-0.2, -0.15) is 0 Å². The lowest BCUT2D eigenvalue weighted by atomic mass is 10.1. The lowest BCUT2D eigenvalue weighted by molar-refractivity contribution is 0.0949. The molecule has 0 fully saturated rings. The molecule has 0 saturated heterocycles. The first kappa shape index (κ1) is 16.9. The van der Waals surface area contributed by atoms with Crippen molar-refractivity contribution < 1.29 is 4.79 Å². The van der Waals surface area contributed by atoms with Crippen LogP contribution in [-0.2, 0) is 6.42 Å². The highest BCUT2D eigenvalue weighted by Gasteiger charge is 2.09. The van der Waals surface area contributed by atoms with Crippen molar-refractivity contribution in [3.05, 3.63) is 54.0 Å². The molecule has 0 atom stereocenters. The normalized spacial score (nSPS) is 10.3. The van der Waals surface area contributed by atoms with Crippen LogP contribution in [0.5, 0.6) is 0 Å². The van der Waals surface area contributed by atoms with Gasteiger partial charge in [-0.05, 0) is 18.4 Å². The highest BCUT2D eigenvalue weighted by atomic mass is 16.1. The van der Waals surface area contributed by atoms with Gasteiger partial charge in [0.15, 0.2) is 0 Å². The SMILES string of the molecule is CCCCN(C)c1cnc(C(=O)NCCc2ccccc2)cn1. The lowest BCUT2D eigenvalue weighted by Gasteiger charge is -2.17. The molecule has 1 amide bonds. The van der Waals surface area contributed by atoms with E-state index in [1.54, 1.807) is 6.20 Å². The number of nitrogens with one attached hydrogen (secondary N) is 1. The summed E-state index contributed by atoms with van der Waals surface area (Å²) in [6.45, 7) is 3.68. The lowest BCUT2D eigenvalue weighted by Crippen LogP contribution is -2.27. The van der Waals surface area contributed by atoms with Crippen LogP contribution in [0.3, 0.4) is 0 Å². The van der Waals surface area contributed by atoms with E-state index in [1.165, 1.54) is 11.8 Å². The van der Waals surface area contributed by atoms with Gasteiger partial charge in [-0.15, -0.1) is 0 Å². The van der Waals surface area contributed by atoms with Crippen molar-refractivity contribution in [1.82, 2.24) is 15.3 Å². The second-order valence-corrected chi connectivity index (χ2v) is 5.53. The fourth-order valence-corrected chi connectivity index (χ4v) is 2.20. The van der Waals surface area contributed by atoms with Gasteiger partial charge >= 0.3 is 0 Å². The number of aromatic nitrogens is 2. The number of amides is 1. The third-order valence-corrected chi connectivity index (χ3v) is 3.65. The van der Waals surface area contributed by atoms with Crippen LogP contribution >= 0.6 is 0 Å². The third kappa shape index (κ3) is 5.36. The second-order valence-electron chi connectivity index (χ2n) is 5.53. The van der Waals surface area contributed by atoms with E-state index >= 15 is 0 Å². The molecule has 5 nitrogen and oxygen atoms in total. The van der Waals surface area contributed by atoms with Crippen LogP contribution < -0.4 is 10.2 Å². The summed E-state index contributed by atoms with van der Waals surface area (Å²) in [5.74, 6) is 0.607. The fourth-order valence-electron chi connectivity index (χ4n) is 2.20. The molecule has 0 spiro atoms. The van der Waals surface area contributed by atoms with Gasteiger partial charge in [0.2, 0.25) is 0 Å². The van der Waals surface area contributed by atoms with E-state index in [0.29, 0.717) is 12.2 Å². The molecule has 5 heteroatoms. The van der Waals surface area contributed by atoms with E-state index in [0.717, 1.165) is 31.6 Å². The molecule has 2 aromatic rings. The van der Waals surface area contributed by atoms with Crippen LogP contribution in [0.1, 0.15) is 35.8 Å². The molecule has 1 N–H and O–H groups in total. The number of hydrogen-bond acceptors (Lipinski definition) is 4. The van der Waals surface area contributed by atoms with Gasteiger partial charge in [0.05, 0.1) is 12.4 Å². The smallest absolute Gasteiger partial charge is 0.271 e. The number of rotatable bonds is 8. The minimum Gasteiger partial charge on any atom is -0.358 e. The molecule has 0 aliphatic heterocycles. The van der Waals surface area contributed by atoms with Crippen LogP contribution in [0.4, 0.5) is 5.82 Å². The average molecular weight is 312 g/mol. The van der Waals surface area contributed by atoms with Gasteiger partial charge in [-0.1, -0.05) is 43.7 Å². The Bertz CT molecular complexity index is 598. The van der Waals surface area contributed by atoms with Gasteiger partial charge in [-0.25, -0.2) is 9.97 Å². The Kier molecular flexibility index (Phi) is 6.54. The minimum absolute atomic E-state index is 0.184. The van der Waals surface area contributed by atoms with Gasteiger partial charge in [0.1, 0.15) is 11.5 Å². The molecule has 2 rings (SSSR count). The van der Waals surface area contributed by atoms with Crippen LogP contribution in [0, 0.1) is 0 Å². The predicted molar refractivity (Wildman–Crippen MR) is 92.7 cm³/mol. The zero-order chi connectivity index (χ0) is 16.5. The predicted octanol–water partition coefficient (Wildman–Crippen LogP) is 2.69. The number of hydrogen-bond donors (Lipinski definition) is 1. The Morgan fingerprint density at radius 3 is 2.61 bits per heavy atom. The maximum Gasteiger partial charge on any atom is 0.271 e. The maximum absolute atomic E-state index is 12.1. The molecule has 1 aromatic carbocycles. The Morgan fingerprint density at radius 2 is 1.96 bits per heavy atom. The number of anilines is 1. The van der Waals surface area contributed by atoms with Gasteiger partial charge < -0.3 is 10.2 Å². The minimum atomic E-state index is -0.184. The molecular weight excluding hydrogens is 288 g/mol. The van der Waals surface area contributed by atoms with E-state index in [2.05, 4.69) is 22.2 Å². The molecule has 0 radical (unpaired) electrons. The zero-order valence-corrected chi connectivity index (χ0v) is 13.8. The van der Waals surface area contributed by atoms with Crippen molar-refractivity contribution >= 4 is 11.7 Å². The standard InChI is InChI=1S/C18H24N4O/c1-3-4-12-22(2)17-14-20-16(13-21-17)18(23)19-11-10-15-8-6-5-7-9-15/h5-9,13-14H,3-4,10-12H2,1-2H3,(H,19,23). The van der Waals surface area contributed by atoms with E-state index in [4.69, 9.17) is 0 Å². The maximum atomic E-state index is 12.1. The monoisotopic (exact) mass is 312 g/mol. The molecular formula is C18H24N4O. The summed E-state index contributed by atoms with van der Waals surface area (Å²) in [6.07, 6.45) is 6.24. The number of carbonyl (C=O) groups excluding carboxylic acids is 1. The van der Waals surface area contributed by atoms with E-state index in [1.807, 2.05) is 42.3 Å². The van der Waals surface area contributed by atoms with Gasteiger partial charge in [-0.3, -0.25) is 4.79 Å². The van der Waals surface area contributed by atoms with Crippen molar-refractivity contribution in [2.75, 3.05) is 25.0 Å². The van der Waals surface area contributed by atoms with E-state index in [9.17, 15) is 4.79 Å². The molecule has 0 saturated carbocycles. The van der Waals surface area contributed by atoms with Crippen molar-refractivity contribution in [3.63, 3.8) is 0 Å². The Morgan fingerprint density at radius 1 is 1.17 bits per heavy atom. The van der Waals surface area contributed by atoms with Gasteiger partial charge in [0.25, 0.3) is 5.91 Å². The first-order chi connectivity index (χ1) is 11.2. The van der Waals surface area contributed by atoms with Crippen molar-refractivity contribution in [2.24, 2.45) is 0 Å². The molecule has 0 aliphatic rings. The number of nitrogens with zero attached hydrogens (tertiary/aromatic N) is 3. The van der Waals surface area contributed by atoms with Crippen LogP contribution in [0.2, 0.25) is 0 Å². The fraction of sp³-hybridized carbons (Fsp3) is 0.389. The molecule has 0 bridgehead atoms. The van der Waals surface area contributed by atoms with E-state index in [-0.39, 0.29) is 5.91 Å². The molecule has 0 unspecified atom stereocenters. The molecule has 1 heterocycles. The van der Waals surface area contributed by atoms with Crippen LogP contribution in [0.15, 0.2) is 42.7 Å². The molecule has 1 aromatic heterocycles. The quantitative estimate of drug-likeness (QED) is 0.814.